The number of fused-ring (bicyclic) bond motifs is 1. The SMILES string of the molecule is CC(N)c1cccc2c1N(Cc1ccccc1)CC2. The standard InChI is InChI=1S/C17H20N2/c1-13(18)16-9-5-8-15-10-11-19(17(15)16)12-14-6-3-2-4-7-14/h2-9,13H,10-12,18H2,1H3. The molecular formula is C17H20N2. The van der Waals surface area contributed by atoms with Crippen LogP contribution in [0.1, 0.15) is 29.7 Å². The summed E-state index contributed by atoms with van der Waals surface area (Å²) in [6.07, 6.45) is 1.13. The lowest BCUT2D eigenvalue weighted by Gasteiger charge is -2.23. The lowest BCUT2D eigenvalue weighted by atomic mass is 10.0. The molecule has 2 aromatic carbocycles. The van der Waals surface area contributed by atoms with Crippen molar-refractivity contribution in [1.82, 2.24) is 0 Å². The molecule has 0 bridgehead atoms. The first-order valence-electron chi connectivity index (χ1n) is 6.92. The molecule has 0 aromatic heterocycles. The van der Waals surface area contributed by atoms with Crippen LogP contribution in [0, 0.1) is 0 Å². The van der Waals surface area contributed by atoms with Crippen LogP contribution in [0.5, 0.6) is 0 Å². The van der Waals surface area contributed by atoms with Crippen molar-refractivity contribution in [2.75, 3.05) is 11.4 Å². The number of hydrogen-bond acceptors (Lipinski definition) is 2. The minimum absolute atomic E-state index is 0.0892. The summed E-state index contributed by atoms with van der Waals surface area (Å²) in [5.74, 6) is 0. The van der Waals surface area contributed by atoms with Crippen LogP contribution >= 0.6 is 0 Å². The van der Waals surface area contributed by atoms with Gasteiger partial charge in [0.1, 0.15) is 0 Å². The monoisotopic (exact) mass is 252 g/mol. The van der Waals surface area contributed by atoms with Gasteiger partial charge < -0.3 is 10.6 Å². The van der Waals surface area contributed by atoms with Crippen molar-refractivity contribution in [3.8, 4) is 0 Å². The van der Waals surface area contributed by atoms with Crippen molar-refractivity contribution in [2.24, 2.45) is 5.73 Å². The molecule has 1 aliphatic rings. The summed E-state index contributed by atoms with van der Waals surface area (Å²) in [6.45, 7) is 4.13. The quantitative estimate of drug-likeness (QED) is 0.908. The molecule has 1 heterocycles. The van der Waals surface area contributed by atoms with E-state index in [1.807, 2.05) is 0 Å². The molecule has 0 spiro atoms. The van der Waals surface area contributed by atoms with Crippen LogP contribution in [0.3, 0.4) is 0 Å². The molecule has 2 aromatic rings. The number of nitrogens with two attached hydrogens (primary N) is 1. The molecule has 2 N–H and O–H groups in total. The van der Waals surface area contributed by atoms with Gasteiger partial charge in [-0.3, -0.25) is 0 Å². The molecule has 98 valence electrons. The Hall–Kier alpha value is -1.80. The molecule has 0 radical (unpaired) electrons. The van der Waals surface area contributed by atoms with Gasteiger partial charge in [0.15, 0.2) is 0 Å². The fourth-order valence-corrected chi connectivity index (χ4v) is 2.90. The van der Waals surface area contributed by atoms with E-state index in [9.17, 15) is 0 Å². The zero-order valence-electron chi connectivity index (χ0n) is 11.3. The van der Waals surface area contributed by atoms with Crippen LogP contribution in [0.4, 0.5) is 5.69 Å². The molecule has 2 heteroatoms. The highest BCUT2D eigenvalue weighted by Gasteiger charge is 2.23. The highest BCUT2D eigenvalue weighted by Crippen LogP contribution is 2.35. The molecule has 0 fully saturated rings. The molecule has 0 aliphatic carbocycles. The third-order valence-electron chi connectivity index (χ3n) is 3.82. The van der Waals surface area contributed by atoms with Crippen LogP contribution in [0.2, 0.25) is 0 Å². The van der Waals surface area contributed by atoms with Crippen molar-refractivity contribution >= 4 is 5.69 Å². The maximum absolute atomic E-state index is 6.12. The first-order valence-corrected chi connectivity index (χ1v) is 6.92. The summed E-state index contributed by atoms with van der Waals surface area (Å²) in [7, 11) is 0. The van der Waals surface area contributed by atoms with E-state index in [0.29, 0.717) is 0 Å². The summed E-state index contributed by atoms with van der Waals surface area (Å²) in [6, 6.07) is 17.2. The van der Waals surface area contributed by atoms with Gasteiger partial charge in [0.25, 0.3) is 0 Å². The second-order valence-electron chi connectivity index (χ2n) is 5.30. The first kappa shape index (κ1) is 12.2. The second kappa shape index (κ2) is 5.06. The van der Waals surface area contributed by atoms with Gasteiger partial charge in [0.05, 0.1) is 0 Å². The van der Waals surface area contributed by atoms with Crippen LogP contribution in [-0.4, -0.2) is 6.54 Å². The number of hydrogen-bond donors (Lipinski definition) is 1. The van der Waals surface area contributed by atoms with E-state index in [4.69, 9.17) is 5.73 Å². The average molecular weight is 252 g/mol. The van der Waals surface area contributed by atoms with Crippen molar-refractivity contribution in [2.45, 2.75) is 25.9 Å². The van der Waals surface area contributed by atoms with E-state index >= 15 is 0 Å². The number of benzene rings is 2. The third-order valence-corrected chi connectivity index (χ3v) is 3.82. The van der Waals surface area contributed by atoms with E-state index < -0.39 is 0 Å². The van der Waals surface area contributed by atoms with Crippen LogP contribution in [0.15, 0.2) is 48.5 Å². The van der Waals surface area contributed by atoms with E-state index in [1.165, 1.54) is 22.4 Å². The molecule has 1 atom stereocenters. The van der Waals surface area contributed by atoms with Crippen LogP contribution in [-0.2, 0) is 13.0 Å². The van der Waals surface area contributed by atoms with Crippen molar-refractivity contribution < 1.29 is 0 Å². The molecule has 0 saturated carbocycles. The van der Waals surface area contributed by atoms with Gasteiger partial charge in [-0.2, -0.15) is 0 Å². The Balaban J connectivity index is 1.93. The number of nitrogens with zero attached hydrogens (tertiary/aromatic N) is 1. The Morgan fingerprint density at radius 2 is 1.89 bits per heavy atom. The maximum atomic E-state index is 6.12. The smallest absolute Gasteiger partial charge is 0.0450 e. The molecule has 2 nitrogen and oxygen atoms in total. The summed E-state index contributed by atoms with van der Waals surface area (Å²) in [4.78, 5) is 2.46. The van der Waals surface area contributed by atoms with Crippen LogP contribution in [0.25, 0.3) is 0 Å². The van der Waals surface area contributed by atoms with Gasteiger partial charge in [-0.15, -0.1) is 0 Å². The van der Waals surface area contributed by atoms with Crippen molar-refractivity contribution in [3.63, 3.8) is 0 Å². The van der Waals surface area contributed by atoms with Crippen molar-refractivity contribution in [3.05, 3.63) is 65.2 Å². The van der Waals surface area contributed by atoms with Crippen molar-refractivity contribution in [1.29, 1.82) is 0 Å². The number of para-hydroxylation sites is 1. The van der Waals surface area contributed by atoms with Gasteiger partial charge >= 0.3 is 0 Å². The number of rotatable bonds is 3. The first-order chi connectivity index (χ1) is 9.25. The Labute approximate surface area is 114 Å². The predicted molar refractivity (Wildman–Crippen MR) is 80.2 cm³/mol. The molecule has 1 aliphatic heterocycles. The fourth-order valence-electron chi connectivity index (χ4n) is 2.90. The Kier molecular flexibility index (Phi) is 3.26. The maximum Gasteiger partial charge on any atom is 0.0450 e. The topological polar surface area (TPSA) is 29.3 Å². The zero-order valence-corrected chi connectivity index (χ0v) is 11.3. The third kappa shape index (κ3) is 2.36. The molecular weight excluding hydrogens is 232 g/mol. The summed E-state index contributed by atoms with van der Waals surface area (Å²) in [5, 5.41) is 0. The molecule has 1 unspecified atom stereocenters. The van der Waals surface area contributed by atoms with E-state index in [2.05, 4.69) is 60.4 Å². The number of anilines is 1. The Morgan fingerprint density at radius 1 is 1.11 bits per heavy atom. The minimum Gasteiger partial charge on any atom is -0.366 e. The molecule has 0 saturated heterocycles. The summed E-state index contributed by atoms with van der Waals surface area (Å²) in [5.41, 5.74) is 11.5. The van der Waals surface area contributed by atoms with Gasteiger partial charge in [-0.25, -0.2) is 0 Å². The van der Waals surface area contributed by atoms with E-state index in [1.54, 1.807) is 0 Å². The Bertz CT molecular complexity index is 561. The predicted octanol–water partition coefficient (Wildman–Crippen LogP) is 3.27. The summed E-state index contributed by atoms with van der Waals surface area (Å²) >= 11 is 0. The van der Waals surface area contributed by atoms with E-state index in [0.717, 1.165) is 19.5 Å². The normalized spacial score (nSPS) is 15.4. The second-order valence-corrected chi connectivity index (χ2v) is 5.30. The van der Waals surface area contributed by atoms with Gasteiger partial charge in [-0.05, 0) is 30.0 Å². The average Bonchev–Trinajstić information content (AvgIpc) is 2.83. The zero-order chi connectivity index (χ0) is 13.2. The lowest BCUT2D eigenvalue weighted by Crippen LogP contribution is -2.22. The largest absolute Gasteiger partial charge is 0.366 e. The van der Waals surface area contributed by atoms with Gasteiger partial charge in [0, 0.05) is 24.8 Å². The minimum atomic E-state index is 0.0892. The van der Waals surface area contributed by atoms with Gasteiger partial charge in [0.2, 0.25) is 0 Å². The molecule has 19 heavy (non-hydrogen) atoms. The molecule has 3 rings (SSSR count). The van der Waals surface area contributed by atoms with Gasteiger partial charge in [-0.1, -0.05) is 48.5 Å². The Morgan fingerprint density at radius 3 is 2.63 bits per heavy atom. The lowest BCUT2D eigenvalue weighted by molar-refractivity contribution is 0.790. The van der Waals surface area contributed by atoms with E-state index in [-0.39, 0.29) is 6.04 Å². The summed E-state index contributed by atoms with van der Waals surface area (Å²) < 4.78 is 0. The highest BCUT2D eigenvalue weighted by molar-refractivity contribution is 5.64. The van der Waals surface area contributed by atoms with Crippen LogP contribution < -0.4 is 10.6 Å². The fraction of sp³-hybridized carbons (Fsp3) is 0.294. The highest BCUT2D eigenvalue weighted by atomic mass is 15.1. The molecule has 0 amide bonds.